The average molecular weight is 465 g/mol. The van der Waals surface area contributed by atoms with Crippen LogP contribution in [0.25, 0.3) is 11.1 Å². The number of hydrogen-bond acceptors (Lipinski definition) is 2. The van der Waals surface area contributed by atoms with Gasteiger partial charge >= 0.3 is 0 Å². The molecule has 1 saturated carbocycles. The molecule has 2 atom stereocenters. The minimum absolute atomic E-state index is 0.0372. The zero-order chi connectivity index (χ0) is 23.7. The Bertz CT molecular complexity index is 1090. The van der Waals surface area contributed by atoms with Gasteiger partial charge in [-0.05, 0) is 78.3 Å². The number of fused-ring (bicyclic) bond motifs is 1. The van der Waals surface area contributed by atoms with Gasteiger partial charge in [-0.1, -0.05) is 85.0 Å². The summed E-state index contributed by atoms with van der Waals surface area (Å²) in [6.07, 6.45) is 22.2. The Morgan fingerprint density at radius 3 is 1.77 bits per heavy atom. The van der Waals surface area contributed by atoms with Crippen molar-refractivity contribution in [3.8, 4) is 0 Å². The Labute approximate surface area is 210 Å². The van der Waals surface area contributed by atoms with Crippen LogP contribution in [0.2, 0.25) is 0 Å². The van der Waals surface area contributed by atoms with Gasteiger partial charge in [-0.2, -0.15) is 0 Å². The number of ether oxygens (including phenoxy) is 2. The van der Waals surface area contributed by atoms with Crippen LogP contribution in [0.4, 0.5) is 0 Å². The van der Waals surface area contributed by atoms with Crippen molar-refractivity contribution < 1.29 is 9.47 Å². The number of methoxy groups -OCH3 is 1. The third kappa shape index (κ3) is 3.88. The predicted octanol–water partition coefficient (Wildman–Crippen LogP) is 8.22. The zero-order valence-electron chi connectivity index (χ0n) is 20.8. The fourth-order valence-corrected chi connectivity index (χ4v) is 7.16. The summed E-state index contributed by atoms with van der Waals surface area (Å²) < 4.78 is 12.7. The highest BCUT2D eigenvalue weighted by Crippen LogP contribution is 2.64. The maximum atomic E-state index is 6.42. The topological polar surface area (TPSA) is 18.5 Å². The molecule has 0 amide bonds. The quantitative estimate of drug-likeness (QED) is 0.401. The van der Waals surface area contributed by atoms with E-state index in [0.717, 1.165) is 58.0 Å². The fraction of sp³-hybridized carbons (Fsp3) is 0.394. The molecular formula is C33H36O2. The van der Waals surface area contributed by atoms with E-state index in [2.05, 4.69) is 85.0 Å². The van der Waals surface area contributed by atoms with Crippen LogP contribution in [0.3, 0.4) is 0 Å². The van der Waals surface area contributed by atoms with Crippen LogP contribution in [0.15, 0.2) is 85.0 Å². The Kier molecular flexibility index (Phi) is 6.12. The molecule has 2 fully saturated rings. The van der Waals surface area contributed by atoms with Crippen molar-refractivity contribution in [1.82, 2.24) is 0 Å². The lowest BCUT2D eigenvalue weighted by Gasteiger charge is -2.44. The van der Waals surface area contributed by atoms with Gasteiger partial charge in [-0.15, -0.1) is 0 Å². The van der Waals surface area contributed by atoms with Gasteiger partial charge in [0.1, 0.15) is 0 Å². The summed E-state index contributed by atoms with van der Waals surface area (Å²) >= 11 is 0. The second-order valence-electron chi connectivity index (χ2n) is 10.5. The van der Waals surface area contributed by atoms with Crippen molar-refractivity contribution in [2.24, 2.45) is 5.41 Å². The fourth-order valence-electron chi connectivity index (χ4n) is 7.16. The minimum atomic E-state index is -0.484. The van der Waals surface area contributed by atoms with E-state index in [1.807, 2.05) is 7.11 Å². The number of allylic oxidation sites excluding steroid dienone is 8. The van der Waals surface area contributed by atoms with Crippen LogP contribution < -0.4 is 0 Å². The molecule has 0 radical (unpaired) electrons. The van der Waals surface area contributed by atoms with Gasteiger partial charge in [-0.25, -0.2) is 0 Å². The third-order valence-corrected chi connectivity index (χ3v) is 8.89. The van der Waals surface area contributed by atoms with E-state index in [1.165, 1.54) is 33.4 Å². The zero-order valence-corrected chi connectivity index (χ0v) is 20.8. The highest BCUT2D eigenvalue weighted by molar-refractivity contribution is 5.69. The standard InChI is InChI=1S/C33H36O2/c1-34-33-22-8-21-32(33,23-24-35-33)31(29-17-13-27(14-18-29)25-9-4-2-5-10-25)30-19-15-28(16-20-30)26-11-6-3-7-12-26/h2-4,6,10,12-20,31H,5,7-9,11,21-24H2,1H3/t32-,33-/m1/s1. The lowest BCUT2D eigenvalue weighted by molar-refractivity contribution is -0.235. The second kappa shape index (κ2) is 9.41. The smallest absolute Gasteiger partial charge is 0.174 e. The summed E-state index contributed by atoms with van der Waals surface area (Å²) in [7, 11) is 1.85. The second-order valence-corrected chi connectivity index (χ2v) is 10.5. The summed E-state index contributed by atoms with van der Waals surface area (Å²) in [4.78, 5) is 0. The molecule has 1 aliphatic heterocycles. The molecule has 0 aromatic heterocycles. The lowest BCUT2D eigenvalue weighted by Crippen LogP contribution is -2.46. The third-order valence-electron chi connectivity index (χ3n) is 8.89. The molecule has 2 heteroatoms. The van der Waals surface area contributed by atoms with E-state index in [1.54, 1.807) is 0 Å². The Morgan fingerprint density at radius 2 is 1.29 bits per heavy atom. The normalized spacial score (nSPS) is 27.7. The van der Waals surface area contributed by atoms with Gasteiger partial charge in [0.05, 0.1) is 6.61 Å². The first-order valence-corrected chi connectivity index (χ1v) is 13.3. The van der Waals surface area contributed by atoms with Crippen LogP contribution in [0.5, 0.6) is 0 Å². The highest BCUT2D eigenvalue weighted by Gasteiger charge is 2.63. The molecule has 0 N–H and O–H groups in total. The van der Waals surface area contributed by atoms with E-state index in [0.29, 0.717) is 0 Å². The van der Waals surface area contributed by atoms with E-state index in [4.69, 9.17) is 9.47 Å². The van der Waals surface area contributed by atoms with Crippen LogP contribution >= 0.6 is 0 Å². The van der Waals surface area contributed by atoms with Gasteiger partial charge in [0.2, 0.25) is 0 Å². The summed E-state index contributed by atoms with van der Waals surface area (Å²) in [5.41, 5.74) is 8.27. The van der Waals surface area contributed by atoms with Gasteiger partial charge in [0, 0.05) is 24.9 Å². The molecule has 4 aliphatic rings. The molecule has 0 spiro atoms. The number of hydrogen-bond donors (Lipinski definition) is 0. The molecule has 2 aromatic rings. The van der Waals surface area contributed by atoms with Crippen molar-refractivity contribution in [3.05, 3.63) is 107 Å². The molecule has 1 saturated heterocycles. The van der Waals surface area contributed by atoms with E-state index in [9.17, 15) is 0 Å². The first-order valence-electron chi connectivity index (χ1n) is 13.3. The summed E-state index contributed by atoms with van der Waals surface area (Å²) in [5, 5.41) is 0. The van der Waals surface area contributed by atoms with Crippen molar-refractivity contribution in [1.29, 1.82) is 0 Å². The van der Waals surface area contributed by atoms with Crippen molar-refractivity contribution in [2.45, 2.75) is 63.1 Å². The molecule has 2 aromatic carbocycles. The van der Waals surface area contributed by atoms with Crippen LogP contribution in [-0.2, 0) is 9.47 Å². The van der Waals surface area contributed by atoms with Gasteiger partial charge in [-0.3, -0.25) is 0 Å². The molecule has 0 bridgehead atoms. The maximum Gasteiger partial charge on any atom is 0.174 e. The number of benzene rings is 2. The van der Waals surface area contributed by atoms with Crippen LogP contribution in [-0.4, -0.2) is 19.5 Å². The first-order chi connectivity index (χ1) is 17.2. The molecule has 6 rings (SSSR count). The monoisotopic (exact) mass is 464 g/mol. The van der Waals surface area contributed by atoms with Crippen molar-refractivity contribution in [3.63, 3.8) is 0 Å². The van der Waals surface area contributed by atoms with Crippen LogP contribution in [0, 0.1) is 5.41 Å². The summed E-state index contributed by atoms with van der Waals surface area (Å²) in [5.74, 6) is -0.237. The molecule has 1 heterocycles. The molecule has 180 valence electrons. The Hall–Kier alpha value is -2.68. The minimum Gasteiger partial charge on any atom is -0.353 e. The highest BCUT2D eigenvalue weighted by atomic mass is 16.7. The SMILES string of the molecule is CO[C@@]12CCC[C@]1(C(c1ccc(C3=CCC=CC3)cc1)c1ccc(C3=CCC=CC3)cc1)CCO2. The van der Waals surface area contributed by atoms with Crippen molar-refractivity contribution >= 4 is 11.1 Å². The predicted molar refractivity (Wildman–Crippen MR) is 144 cm³/mol. The Morgan fingerprint density at radius 1 is 0.714 bits per heavy atom. The Balaban J connectivity index is 1.40. The van der Waals surface area contributed by atoms with Gasteiger partial charge in [0.15, 0.2) is 5.79 Å². The van der Waals surface area contributed by atoms with Crippen molar-refractivity contribution in [2.75, 3.05) is 13.7 Å². The molecule has 3 aliphatic carbocycles. The van der Waals surface area contributed by atoms with E-state index >= 15 is 0 Å². The van der Waals surface area contributed by atoms with Gasteiger partial charge < -0.3 is 9.47 Å². The summed E-state index contributed by atoms with van der Waals surface area (Å²) in [6, 6.07) is 18.8. The number of rotatable bonds is 6. The molecule has 2 nitrogen and oxygen atoms in total. The molecule has 0 unspecified atom stereocenters. The largest absolute Gasteiger partial charge is 0.353 e. The first kappa shape index (κ1) is 22.8. The molecular weight excluding hydrogens is 428 g/mol. The molecule has 35 heavy (non-hydrogen) atoms. The van der Waals surface area contributed by atoms with Gasteiger partial charge in [0.25, 0.3) is 0 Å². The average Bonchev–Trinajstić information content (AvgIpc) is 3.47. The maximum absolute atomic E-state index is 6.42. The van der Waals surface area contributed by atoms with E-state index < -0.39 is 5.79 Å². The van der Waals surface area contributed by atoms with Crippen LogP contribution in [0.1, 0.15) is 79.5 Å². The van der Waals surface area contributed by atoms with E-state index in [-0.39, 0.29) is 11.3 Å². The summed E-state index contributed by atoms with van der Waals surface area (Å²) in [6.45, 7) is 0.777. The lowest BCUT2D eigenvalue weighted by atomic mass is 9.64.